The number of benzene rings is 3. The van der Waals surface area contributed by atoms with Gasteiger partial charge >= 0.3 is 6.03 Å². The van der Waals surface area contributed by atoms with Crippen molar-refractivity contribution in [2.45, 2.75) is 53.9 Å². The second-order valence-corrected chi connectivity index (χ2v) is 11.6. The molecule has 4 aromatic rings. The number of nitrogens with one attached hydrogen (secondary N) is 2. The minimum atomic E-state index is -0.312. The zero-order valence-corrected chi connectivity index (χ0v) is 24.0. The zero-order chi connectivity index (χ0) is 28.3. The summed E-state index contributed by atoms with van der Waals surface area (Å²) >= 11 is 0. The van der Waals surface area contributed by atoms with Crippen LogP contribution in [-0.2, 0) is 10.2 Å². The predicted molar refractivity (Wildman–Crippen MR) is 160 cm³/mol. The normalized spacial score (nSPS) is 11.6. The fraction of sp³-hybridized carbons (Fsp3) is 0.344. The first kappa shape index (κ1) is 27.9. The molecule has 0 bridgehead atoms. The van der Waals surface area contributed by atoms with Gasteiger partial charge in [0.05, 0.1) is 17.1 Å². The van der Waals surface area contributed by atoms with Crippen LogP contribution in [-0.4, -0.2) is 39.7 Å². The van der Waals surface area contributed by atoms with E-state index >= 15 is 0 Å². The summed E-state index contributed by atoms with van der Waals surface area (Å²) in [6.45, 7) is 14.8. The number of hydrogen-bond donors (Lipinski definition) is 2. The first-order valence-corrected chi connectivity index (χ1v) is 13.4. The predicted octanol–water partition coefficient (Wildman–Crippen LogP) is 7.07. The maximum absolute atomic E-state index is 13.4. The van der Waals surface area contributed by atoms with Crippen molar-refractivity contribution in [3.05, 3.63) is 83.6 Å². The van der Waals surface area contributed by atoms with Gasteiger partial charge < -0.3 is 15.5 Å². The van der Waals surface area contributed by atoms with Crippen LogP contribution in [0, 0.1) is 19.8 Å². The lowest BCUT2D eigenvalue weighted by Gasteiger charge is -2.25. The van der Waals surface area contributed by atoms with Crippen LogP contribution in [0.4, 0.5) is 16.3 Å². The Balaban J connectivity index is 1.58. The van der Waals surface area contributed by atoms with Crippen molar-refractivity contribution in [1.29, 1.82) is 0 Å². The van der Waals surface area contributed by atoms with Crippen LogP contribution in [0.2, 0.25) is 0 Å². The number of urea groups is 1. The summed E-state index contributed by atoms with van der Waals surface area (Å²) in [4.78, 5) is 28.3. The van der Waals surface area contributed by atoms with E-state index in [4.69, 9.17) is 5.10 Å². The lowest BCUT2D eigenvalue weighted by Crippen LogP contribution is -2.42. The van der Waals surface area contributed by atoms with Crippen molar-refractivity contribution >= 4 is 34.2 Å². The third-order valence-corrected chi connectivity index (χ3v) is 6.56. The van der Waals surface area contributed by atoms with Gasteiger partial charge in [-0.2, -0.15) is 5.10 Å². The quantitative estimate of drug-likeness (QED) is 0.271. The van der Waals surface area contributed by atoms with E-state index < -0.39 is 0 Å². The highest BCUT2D eigenvalue weighted by Gasteiger charge is 2.24. The van der Waals surface area contributed by atoms with E-state index in [0.29, 0.717) is 12.4 Å². The average Bonchev–Trinajstić information content (AvgIpc) is 3.27. The molecule has 0 aliphatic carbocycles. The summed E-state index contributed by atoms with van der Waals surface area (Å²) in [7, 11) is 0. The van der Waals surface area contributed by atoms with Crippen LogP contribution in [0.5, 0.6) is 0 Å². The van der Waals surface area contributed by atoms with Crippen LogP contribution in [0.1, 0.15) is 51.4 Å². The molecule has 39 heavy (non-hydrogen) atoms. The highest BCUT2D eigenvalue weighted by atomic mass is 16.2. The first-order chi connectivity index (χ1) is 18.4. The molecule has 7 heteroatoms. The Morgan fingerprint density at radius 2 is 1.67 bits per heavy atom. The molecule has 0 spiro atoms. The lowest BCUT2D eigenvalue weighted by molar-refractivity contribution is -0.116. The topological polar surface area (TPSA) is 79.3 Å². The Labute approximate surface area is 231 Å². The SMILES string of the molecule is Cc1ccc(-n2nc(C(C)(C)C)cc2NC(=O)CN(CC(C)C)C(=O)Nc2cccc3ccccc23)c(C)c1. The van der Waals surface area contributed by atoms with Gasteiger partial charge in [0.15, 0.2) is 0 Å². The third kappa shape index (κ3) is 6.66. The lowest BCUT2D eigenvalue weighted by atomic mass is 9.92. The number of carbonyl (C=O) groups excluding carboxylic acids is 2. The summed E-state index contributed by atoms with van der Waals surface area (Å²) in [6.07, 6.45) is 0. The number of nitrogens with zero attached hydrogens (tertiary/aromatic N) is 3. The monoisotopic (exact) mass is 525 g/mol. The van der Waals surface area contributed by atoms with Gasteiger partial charge in [0.2, 0.25) is 5.91 Å². The fourth-order valence-corrected chi connectivity index (χ4v) is 4.61. The van der Waals surface area contributed by atoms with Gasteiger partial charge in [-0.15, -0.1) is 0 Å². The molecule has 0 aliphatic rings. The van der Waals surface area contributed by atoms with Crippen LogP contribution < -0.4 is 10.6 Å². The number of hydrogen-bond acceptors (Lipinski definition) is 3. The van der Waals surface area contributed by atoms with Gasteiger partial charge in [0, 0.05) is 23.4 Å². The van der Waals surface area contributed by atoms with E-state index in [-0.39, 0.29) is 29.8 Å². The van der Waals surface area contributed by atoms with Crippen molar-refractivity contribution in [3.63, 3.8) is 0 Å². The number of carbonyl (C=O) groups is 2. The van der Waals surface area contributed by atoms with Gasteiger partial charge in [0.25, 0.3) is 0 Å². The number of amides is 3. The number of anilines is 2. The molecule has 3 aromatic carbocycles. The molecule has 1 heterocycles. The number of rotatable bonds is 7. The maximum Gasteiger partial charge on any atom is 0.322 e. The van der Waals surface area contributed by atoms with Crippen LogP contribution in [0.15, 0.2) is 66.7 Å². The Bertz CT molecular complexity index is 1490. The molecule has 0 aliphatic heterocycles. The van der Waals surface area contributed by atoms with Gasteiger partial charge in [-0.25, -0.2) is 9.48 Å². The molecule has 0 atom stereocenters. The van der Waals surface area contributed by atoms with E-state index in [2.05, 4.69) is 44.4 Å². The Morgan fingerprint density at radius 1 is 0.949 bits per heavy atom. The molecular formula is C32H39N5O2. The molecule has 1 aromatic heterocycles. The summed E-state index contributed by atoms with van der Waals surface area (Å²) in [6, 6.07) is 21.5. The molecule has 3 amide bonds. The minimum absolute atomic E-state index is 0.0856. The smallest absolute Gasteiger partial charge is 0.315 e. The summed E-state index contributed by atoms with van der Waals surface area (Å²) in [5.41, 5.74) is 4.50. The van der Waals surface area contributed by atoms with Gasteiger partial charge in [-0.1, -0.05) is 88.7 Å². The van der Waals surface area contributed by atoms with Crippen LogP contribution in [0.25, 0.3) is 16.5 Å². The summed E-state index contributed by atoms with van der Waals surface area (Å²) in [5, 5.41) is 12.9. The van der Waals surface area contributed by atoms with Gasteiger partial charge in [0.1, 0.15) is 12.4 Å². The number of aromatic nitrogens is 2. The Kier molecular flexibility index (Phi) is 8.09. The molecule has 0 saturated heterocycles. The highest BCUT2D eigenvalue weighted by Crippen LogP contribution is 2.28. The molecule has 0 radical (unpaired) electrons. The van der Waals surface area contributed by atoms with E-state index in [1.807, 2.05) is 81.4 Å². The Morgan fingerprint density at radius 3 is 2.36 bits per heavy atom. The minimum Gasteiger partial charge on any atom is -0.315 e. The van der Waals surface area contributed by atoms with E-state index in [9.17, 15) is 9.59 Å². The van der Waals surface area contributed by atoms with Gasteiger partial charge in [-0.3, -0.25) is 4.79 Å². The van der Waals surface area contributed by atoms with Crippen molar-refractivity contribution in [2.24, 2.45) is 5.92 Å². The van der Waals surface area contributed by atoms with Crippen LogP contribution in [0.3, 0.4) is 0 Å². The molecule has 4 rings (SSSR count). The highest BCUT2D eigenvalue weighted by molar-refractivity contribution is 6.03. The van der Waals surface area contributed by atoms with Gasteiger partial charge in [-0.05, 0) is 42.8 Å². The Hall–Kier alpha value is -4.13. The number of fused-ring (bicyclic) bond motifs is 1. The second-order valence-electron chi connectivity index (χ2n) is 11.6. The molecule has 0 fully saturated rings. The van der Waals surface area contributed by atoms with E-state index in [0.717, 1.165) is 39.0 Å². The molecule has 2 N–H and O–H groups in total. The third-order valence-electron chi connectivity index (χ3n) is 6.56. The molecule has 204 valence electrons. The molecule has 0 unspecified atom stereocenters. The molecule has 0 saturated carbocycles. The first-order valence-electron chi connectivity index (χ1n) is 13.4. The second kappa shape index (κ2) is 11.3. The largest absolute Gasteiger partial charge is 0.322 e. The van der Waals surface area contributed by atoms with Crippen molar-refractivity contribution in [3.8, 4) is 5.69 Å². The number of aryl methyl sites for hydroxylation is 2. The van der Waals surface area contributed by atoms with Crippen molar-refractivity contribution in [2.75, 3.05) is 23.7 Å². The van der Waals surface area contributed by atoms with Crippen molar-refractivity contribution < 1.29 is 9.59 Å². The zero-order valence-electron chi connectivity index (χ0n) is 24.0. The molecular weight excluding hydrogens is 486 g/mol. The average molecular weight is 526 g/mol. The van der Waals surface area contributed by atoms with Crippen LogP contribution >= 0.6 is 0 Å². The summed E-state index contributed by atoms with van der Waals surface area (Å²) < 4.78 is 1.79. The molecule has 7 nitrogen and oxygen atoms in total. The van der Waals surface area contributed by atoms with Crippen molar-refractivity contribution in [1.82, 2.24) is 14.7 Å². The fourth-order valence-electron chi connectivity index (χ4n) is 4.61. The maximum atomic E-state index is 13.4. The van der Waals surface area contributed by atoms with E-state index in [1.54, 1.807) is 9.58 Å². The van der Waals surface area contributed by atoms with E-state index in [1.165, 1.54) is 0 Å². The summed E-state index contributed by atoms with van der Waals surface area (Å²) in [5.74, 6) is 0.482. The standard InChI is InChI=1S/C32H39N5O2/c1-21(2)19-36(31(39)33-26-14-10-12-24-11-8-9-13-25(24)26)20-30(38)34-29-18-28(32(5,6)7)35-37(29)27-16-15-22(3)17-23(27)4/h8-18,21H,19-20H2,1-7H3,(H,33,39)(H,34,38).